The maximum absolute atomic E-state index is 12.8. The van der Waals surface area contributed by atoms with E-state index < -0.39 is 0 Å². The van der Waals surface area contributed by atoms with Gasteiger partial charge in [0, 0.05) is 5.56 Å². The van der Waals surface area contributed by atoms with Gasteiger partial charge < -0.3 is 5.11 Å². The summed E-state index contributed by atoms with van der Waals surface area (Å²) in [4.78, 5) is 0. The molecule has 0 amide bonds. The van der Waals surface area contributed by atoms with Crippen molar-refractivity contribution in [1.82, 2.24) is 0 Å². The monoisotopic (exact) mass is 139 g/mol. The lowest BCUT2D eigenvalue weighted by Crippen LogP contribution is -1.89. The fourth-order valence-corrected chi connectivity index (χ4v) is 0.770. The number of halogens is 1. The van der Waals surface area contributed by atoms with Crippen molar-refractivity contribution in [1.29, 1.82) is 0 Å². The molecule has 0 unspecified atom stereocenters. The van der Waals surface area contributed by atoms with Gasteiger partial charge in [-0.1, -0.05) is 18.2 Å². The van der Waals surface area contributed by atoms with Crippen LogP contribution >= 0.6 is 0 Å². The van der Waals surface area contributed by atoms with Crippen molar-refractivity contribution in [2.75, 3.05) is 0 Å². The lowest BCUT2D eigenvalue weighted by Gasteiger charge is -1.99. The Bertz CT molecular complexity index is 233. The summed E-state index contributed by atoms with van der Waals surface area (Å²) in [6, 6.07) is 4.87. The van der Waals surface area contributed by atoms with Gasteiger partial charge in [0.1, 0.15) is 12.4 Å². The van der Waals surface area contributed by atoms with Crippen LogP contribution in [0.25, 0.3) is 0 Å². The Labute approximate surface area is 59.1 Å². The molecule has 0 spiro atoms. The molecule has 53 valence electrons. The minimum absolute atomic E-state index is 0.236. The summed E-state index contributed by atoms with van der Waals surface area (Å²) >= 11 is 0. The van der Waals surface area contributed by atoms with Crippen LogP contribution in [0, 0.1) is 19.3 Å². The Morgan fingerprint density at radius 1 is 1.50 bits per heavy atom. The molecule has 1 N–H and O–H groups in total. The summed E-state index contributed by atoms with van der Waals surface area (Å²) in [6.07, 6.45) is 0. The molecule has 0 aromatic heterocycles. The average molecular weight is 139 g/mol. The largest absolute Gasteiger partial charge is 0.385 e. The molecule has 0 aliphatic rings. The van der Waals surface area contributed by atoms with E-state index in [4.69, 9.17) is 5.11 Å². The van der Waals surface area contributed by atoms with Crippen molar-refractivity contribution in [3.05, 3.63) is 41.8 Å². The van der Waals surface area contributed by atoms with E-state index in [0.29, 0.717) is 5.56 Å². The first-order valence-electron chi connectivity index (χ1n) is 2.98. The first kappa shape index (κ1) is 7.22. The standard InChI is InChI=1S/C8H8FO/c1-6-3-2-4-7(5-10)8(6)9/h2-5,10H,1H3. The molecule has 0 heterocycles. The highest BCUT2D eigenvalue weighted by Crippen LogP contribution is 2.11. The van der Waals surface area contributed by atoms with Gasteiger partial charge in [-0.2, -0.15) is 0 Å². The van der Waals surface area contributed by atoms with Crippen LogP contribution in [0.4, 0.5) is 4.39 Å². The van der Waals surface area contributed by atoms with Crippen molar-refractivity contribution in [3.8, 4) is 0 Å². The van der Waals surface area contributed by atoms with Crippen molar-refractivity contribution in [3.63, 3.8) is 0 Å². The number of rotatable bonds is 1. The minimum atomic E-state index is -0.356. The van der Waals surface area contributed by atoms with Crippen LogP contribution in [0.3, 0.4) is 0 Å². The van der Waals surface area contributed by atoms with Crippen molar-refractivity contribution < 1.29 is 9.50 Å². The second-order valence-electron chi connectivity index (χ2n) is 2.11. The highest BCUT2D eigenvalue weighted by atomic mass is 19.1. The molecule has 0 aliphatic carbocycles. The van der Waals surface area contributed by atoms with Gasteiger partial charge >= 0.3 is 0 Å². The van der Waals surface area contributed by atoms with E-state index in [1.165, 1.54) is 6.07 Å². The highest BCUT2D eigenvalue weighted by molar-refractivity contribution is 5.28. The second kappa shape index (κ2) is 2.80. The Kier molecular flexibility index (Phi) is 2.02. The third-order valence-corrected chi connectivity index (χ3v) is 1.36. The fourth-order valence-electron chi connectivity index (χ4n) is 0.770. The Hall–Kier alpha value is -0.890. The van der Waals surface area contributed by atoms with Gasteiger partial charge in [-0.25, -0.2) is 4.39 Å². The molecular weight excluding hydrogens is 131 g/mol. The zero-order valence-corrected chi connectivity index (χ0v) is 5.63. The van der Waals surface area contributed by atoms with Gasteiger partial charge in [0.05, 0.1) is 0 Å². The van der Waals surface area contributed by atoms with Crippen LogP contribution in [-0.4, -0.2) is 5.11 Å². The normalized spacial score (nSPS) is 9.90. The third-order valence-electron chi connectivity index (χ3n) is 1.36. The van der Waals surface area contributed by atoms with Crippen LogP contribution in [0.5, 0.6) is 0 Å². The first-order chi connectivity index (χ1) is 4.75. The smallest absolute Gasteiger partial charge is 0.132 e. The Morgan fingerprint density at radius 3 is 2.70 bits per heavy atom. The molecule has 2 heteroatoms. The third kappa shape index (κ3) is 1.16. The molecule has 1 aromatic carbocycles. The van der Waals surface area contributed by atoms with E-state index >= 15 is 0 Å². The number of benzene rings is 1. The molecule has 1 radical (unpaired) electrons. The summed E-state index contributed by atoms with van der Waals surface area (Å²) in [7, 11) is 0. The van der Waals surface area contributed by atoms with E-state index in [2.05, 4.69) is 0 Å². The minimum Gasteiger partial charge on any atom is -0.385 e. The number of hydrogen-bond donors (Lipinski definition) is 1. The van der Waals surface area contributed by atoms with Crippen LogP contribution in [0.2, 0.25) is 0 Å². The van der Waals surface area contributed by atoms with Gasteiger partial charge in [-0.3, -0.25) is 0 Å². The fraction of sp³-hybridized carbons (Fsp3) is 0.125. The molecule has 1 nitrogen and oxygen atoms in total. The van der Waals surface area contributed by atoms with Crippen molar-refractivity contribution in [2.24, 2.45) is 0 Å². The second-order valence-corrected chi connectivity index (χ2v) is 2.11. The molecule has 10 heavy (non-hydrogen) atoms. The van der Waals surface area contributed by atoms with E-state index in [0.717, 1.165) is 6.61 Å². The number of aliphatic hydroxyl groups is 1. The summed E-state index contributed by atoms with van der Waals surface area (Å²) < 4.78 is 12.8. The number of hydrogen-bond acceptors (Lipinski definition) is 1. The summed E-state index contributed by atoms with van der Waals surface area (Å²) in [5.41, 5.74) is 0.780. The lowest BCUT2D eigenvalue weighted by atomic mass is 10.1. The van der Waals surface area contributed by atoms with Crippen molar-refractivity contribution in [2.45, 2.75) is 6.92 Å². The molecular formula is C8H8FO. The van der Waals surface area contributed by atoms with E-state index in [-0.39, 0.29) is 11.4 Å². The van der Waals surface area contributed by atoms with Gasteiger partial charge in [0.25, 0.3) is 0 Å². The van der Waals surface area contributed by atoms with Crippen LogP contribution in [0.1, 0.15) is 11.1 Å². The zero-order chi connectivity index (χ0) is 7.56. The molecule has 0 fully saturated rings. The van der Waals surface area contributed by atoms with Gasteiger partial charge in [-0.15, -0.1) is 0 Å². The Balaban J connectivity index is 3.14. The average Bonchev–Trinajstić information content (AvgIpc) is 1.95. The SMILES string of the molecule is Cc1cccc([CH]O)c1F. The van der Waals surface area contributed by atoms with Crippen LogP contribution in [0.15, 0.2) is 18.2 Å². The number of aliphatic hydroxyl groups excluding tert-OH is 1. The zero-order valence-electron chi connectivity index (χ0n) is 5.63. The van der Waals surface area contributed by atoms with E-state index in [1.807, 2.05) is 0 Å². The van der Waals surface area contributed by atoms with E-state index in [1.54, 1.807) is 19.1 Å². The highest BCUT2D eigenvalue weighted by Gasteiger charge is 2.01. The molecule has 0 atom stereocenters. The maximum Gasteiger partial charge on any atom is 0.132 e. The molecule has 0 aliphatic heterocycles. The van der Waals surface area contributed by atoms with Gasteiger partial charge in [0.15, 0.2) is 0 Å². The molecule has 0 saturated heterocycles. The summed E-state index contributed by atoms with van der Waals surface area (Å²) in [5, 5.41) is 8.48. The van der Waals surface area contributed by atoms with E-state index in [9.17, 15) is 4.39 Å². The predicted molar refractivity (Wildman–Crippen MR) is 36.5 cm³/mol. The van der Waals surface area contributed by atoms with Crippen LogP contribution < -0.4 is 0 Å². The van der Waals surface area contributed by atoms with Crippen molar-refractivity contribution >= 4 is 0 Å². The van der Waals surface area contributed by atoms with Gasteiger partial charge in [-0.05, 0) is 12.5 Å². The maximum atomic E-state index is 12.8. The Morgan fingerprint density at radius 2 is 2.20 bits per heavy atom. The molecule has 0 saturated carbocycles. The quantitative estimate of drug-likeness (QED) is 0.631. The molecule has 1 aromatic rings. The van der Waals surface area contributed by atoms with Crippen LogP contribution in [-0.2, 0) is 0 Å². The summed E-state index contributed by atoms with van der Waals surface area (Å²) in [5.74, 6) is -0.356. The molecule has 0 bridgehead atoms. The first-order valence-corrected chi connectivity index (χ1v) is 2.98. The predicted octanol–water partition coefficient (Wildman–Crippen LogP) is 2.02. The topological polar surface area (TPSA) is 20.2 Å². The number of aryl methyl sites for hydroxylation is 1. The molecule has 1 rings (SSSR count). The summed E-state index contributed by atoms with van der Waals surface area (Å²) in [6.45, 7) is 2.42. The van der Waals surface area contributed by atoms with Gasteiger partial charge in [0.2, 0.25) is 0 Å². The lowest BCUT2D eigenvalue weighted by molar-refractivity contribution is 0.407.